The number of rotatable bonds is 0. The summed E-state index contributed by atoms with van der Waals surface area (Å²) in [7, 11) is -14.1. The fraction of sp³-hybridized carbons (Fsp3) is 0. The Balaban J connectivity index is -0.000000131. The number of hydrogen-bond donors (Lipinski definition) is 0. The van der Waals surface area contributed by atoms with Crippen molar-refractivity contribution in [1.82, 2.24) is 0 Å². The molecule has 0 bridgehead atoms. The SMILES string of the molecule is O=P([O-])([O-])[O-].O=P([O-])([O-])[O-].[O-]P([O-])[O-]. The molecule has 0 aromatic heterocycles. The third-order valence-electron chi connectivity index (χ3n) is 0. The normalized spacial score (nSPS) is 11.0. The topological polar surface area (TPSA) is 242 Å². The summed E-state index contributed by atoms with van der Waals surface area (Å²) >= 11 is 0. The zero-order valence-corrected chi connectivity index (χ0v) is 8.52. The lowest BCUT2D eigenvalue weighted by Gasteiger charge is -2.39. The van der Waals surface area contributed by atoms with Crippen LogP contribution in [0.1, 0.15) is 0 Å². The molecule has 0 saturated carbocycles. The van der Waals surface area contributed by atoms with Crippen LogP contribution in [-0.4, -0.2) is 0 Å². The van der Waals surface area contributed by atoms with E-state index in [2.05, 4.69) is 0 Å². The second-order valence-corrected chi connectivity index (χ2v) is 3.35. The molecule has 0 atom stereocenters. The molecule has 0 N–H and O–H groups in total. The van der Waals surface area contributed by atoms with Crippen molar-refractivity contribution in [2.45, 2.75) is 0 Å². The van der Waals surface area contributed by atoms with Gasteiger partial charge < -0.3 is 61.8 Å². The molecule has 0 aliphatic carbocycles. The first-order chi connectivity index (χ1) is 5.73. The Hall–Kier alpha value is 0.530. The maximum atomic E-state index is 8.55. The van der Waals surface area contributed by atoms with E-state index < -0.39 is 24.2 Å². The third kappa shape index (κ3) is 5930. The minimum absolute atomic E-state index is 3.37. The Bertz CT molecular complexity index is 153. The van der Waals surface area contributed by atoms with E-state index >= 15 is 0 Å². The summed E-state index contributed by atoms with van der Waals surface area (Å²) in [6.07, 6.45) is 0. The molecule has 11 nitrogen and oxygen atoms in total. The van der Waals surface area contributed by atoms with Gasteiger partial charge in [-0.1, -0.05) is 0 Å². The van der Waals surface area contributed by atoms with Crippen LogP contribution >= 0.6 is 24.2 Å². The minimum Gasteiger partial charge on any atom is -0.854 e. The fourth-order valence-corrected chi connectivity index (χ4v) is 0. The standard InChI is InChI=1S/2H3O4P.O3P/c2*1-5(2,3)4;1-4(2)3/h2*(H3,1,2,3,4);/q;;-3/p-6. The van der Waals surface area contributed by atoms with E-state index in [0.29, 0.717) is 0 Å². The van der Waals surface area contributed by atoms with Crippen LogP contribution in [-0.2, 0) is 9.13 Å². The summed E-state index contributed by atoms with van der Waals surface area (Å²) < 4.78 is 17.1. The third-order valence-corrected chi connectivity index (χ3v) is 0. The predicted molar refractivity (Wildman–Crippen MR) is 22.1 cm³/mol. The highest BCUT2D eigenvalue weighted by Gasteiger charge is 1.45. The maximum Gasteiger partial charge on any atom is -0.159 e. The van der Waals surface area contributed by atoms with Gasteiger partial charge in [0.2, 0.25) is 0 Å². The van der Waals surface area contributed by atoms with Crippen molar-refractivity contribution in [3.05, 3.63) is 0 Å². The first-order valence-electron chi connectivity index (χ1n) is 2.01. The summed E-state index contributed by atoms with van der Waals surface area (Å²) in [6, 6.07) is 0. The molecule has 0 fully saturated rings. The lowest BCUT2D eigenvalue weighted by Crippen LogP contribution is -2.24. The van der Waals surface area contributed by atoms with Gasteiger partial charge >= 0.3 is 0 Å². The molecule has 0 unspecified atom stereocenters. The molecule has 90 valence electrons. The molecule has 0 spiro atoms. The molecule has 0 aliphatic rings. The van der Waals surface area contributed by atoms with Crippen LogP contribution in [0.2, 0.25) is 0 Å². The first kappa shape index (κ1) is 20.0. The van der Waals surface area contributed by atoms with Crippen LogP contribution in [0.5, 0.6) is 0 Å². The summed E-state index contributed by atoms with van der Waals surface area (Å²) in [5.41, 5.74) is 0. The van der Waals surface area contributed by atoms with Gasteiger partial charge in [0.25, 0.3) is 0 Å². The largest absolute Gasteiger partial charge is 0.854 e. The zero-order chi connectivity index (χ0) is 12.6. The van der Waals surface area contributed by atoms with Gasteiger partial charge in [0.15, 0.2) is 0 Å². The zero-order valence-electron chi connectivity index (χ0n) is 5.83. The Kier molecular flexibility index (Phi) is 12.6. The molecule has 0 aromatic rings. The monoisotopic (exact) mass is 269 g/mol. The Morgan fingerprint density at radius 2 is 0.643 bits per heavy atom. The van der Waals surface area contributed by atoms with Crippen molar-refractivity contribution in [1.29, 1.82) is 0 Å². The van der Waals surface area contributed by atoms with Crippen LogP contribution < -0.4 is 44.0 Å². The number of phosphoric acid groups is 2. The van der Waals surface area contributed by atoms with Gasteiger partial charge in [-0.25, -0.2) is 0 Å². The summed E-state index contributed by atoms with van der Waals surface area (Å²) in [4.78, 5) is 76.7. The van der Waals surface area contributed by atoms with Gasteiger partial charge in [0, 0.05) is 0 Å². The van der Waals surface area contributed by atoms with Crippen molar-refractivity contribution in [3.63, 3.8) is 0 Å². The van der Waals surface area contributed by atoms with Gasteiger partial charge in [-0.3, -0.25) is 0 Å². The van der Waals surface area contributed by atoms with E-state index in [0.717, 1.165) is 0 Å². The molecule has 0 rings (SSSR count). The highest BCUT2D eigenvalue weighted by atomic mass is 31.2. The predicted octanol–water partition coefficient (Wildman–Crippen LogP) is -8.36. The average Bonchev–Trinajstić information content (AvgIpc) is 1.45. The highest BCUT2D eigenvalue weighted by Crippen LogP contribution is 2.03. The molecule has 14 heteroatoms. The van der Waals surface area contributed by atoms with E-state index in [1.54, 1.807) is 0 Å². The molecule has 0 saturated heterocycles. The average molecular weight is 269 g/mol. The summed E-state index contributed by atoms with van der Waals surface area (Å²) in [5, 5.41) is 0. The smallest absolute Gasteiger partial charge is 0.159 e. The van der Waals surface area contributed by atoms with Gasteiger partial charge in [-0.2, -0.15) is 15.6 Å². The van der Waals surface area contributed by atoms with E-state index in [9.17, 15) is 0 Å². The second kappa shape index (κ2) is 8.81. The van der Waals surface area contributed by atoms with Gasteiger partial charge in [0.1, 0.15) is 0 Å². The Morgan fingerprint density at radius 1 is 0.643 bits per heavy atom. The number of hydrogen-bond acceptors (Lipinski definition) is 11. The minimum atomic E-state index is -5.39. The quantitative estimate of drug-likeness (QED) is 0.373. The van der Waals surface area contributed by atoms with Gasteiger partial charge in [0.05, 0.1) is 0 Å². The molecule has 0 heterocycles. The van der Waals surface area contributed by atoms with Crippen LogP contribution in [0.4, 0.5) is 0 Å². The van der Waals surface area contributed by atoms with Crippen molar-refractivity contribution in [2.24, 2.45) is 0 Å². The van der Waals surface area contributed by atoms with E-state index in [4.69, 9.17) is 53.2 Å². The second-order valence-electron chi connectivity index (χ2n) is 1.12. The molecule has 0 aromatic carbocycles. The van der Waals surface area contributed by atoms with Gasteiger partial charge in [-0.05, 0) is 0 Å². The van der Waals surface area contributed by atoms with Gasteiger partial charge in [-0.15, -0.1) is 0 Å². The molecule has 14 heavy (non-hydrogen) atoms. The van der Waals surface area contributed by atoms with E-state index in [1.807, 2.05) is 0 Å². The lowest BCUT2D eigenvalue weighted by atomic mass is 15.8. The lowest BCUT2D eigenvalue weighted by molar-refractivity contribution is -0.434. The molecular weight excluding hydrogens is 269 g/mol. The van der Waals surface area contributed by atoms with E-state index in [1.165, 1.54) is 0 Å². The fourth-order valence-electron chi connectivity index (χ4n) is 0. The molecule has 0 radical (unpaired) electrons. The summed E-state index contributed by atoms with van der Waals surface area (Å²) in [6.45, 7) is 0. The van der Waals surface area contributed by atoms with Crippen LogP contribution in [0.25, 0.3) is 0 Å². The van der Waals surface area contributed by atoms with Crippen molar-refractivity contribution in [3.8, 4) is 0 Å². The van der Waals surface area contributed by atoms with Crippen LogP contribution in [0, 0.1) is 0 Å². The first-order valence-corrected chi connectivity index (χ1v) is 6.02. The van der Waals surface area contributed by atoms with Crippen molar-refractivity contribution < 1.29 is 53.2 Å². The highest BCUT2D eigenvalue weighted by molar-refractivity contribution is 7.40. The Labute approximate surface area is 78.4 Å². The molecule has 0 amide bonds. The van der Waals surface area contributed by atoms with Crippen molar-refractivity contribution >= 4 is 24.2 Å². The Morgan fingerprint density at radius 3 is 0.643 bits per heavy atom. The van der Waals surface area contributed by atoms with Crippen molar-refractivity contribution in [2.75, 3.05) is 0 Å². The van der Waals surface area contributed by atoms with E-state index in [-0.39, 0.29) is 0 Å². The molecule has 0 aliphatic heterocycles. The molecular formula is O11P3-9. The maximum absolute atomic E-state index is 8.55. The summed E-state index contributed by atoms with van der Waals surface area (Å²) in [5.74, 6) is 0. The van der Waals surface area contributed by atoms with Crippen LogP contribution in [0.3, 0.4) is 0 Å². The van der Waals surface area contributed by atoms with Crippen LogP contribution in [0.15, 0.2) is 0 Å².